The van der Waals surface area contributed by atoms with Crippen molar-refractivity contribution in [3.63, 3.8) is 0 Å². The number of hydrogen-bond donors (Lipinski definition) is 0. The number of nitriles is 1. The van der Waals surface area contributed by atoms with Crippen LogP contribution in [0.25, 0.3) is 0 Å². The third kappa shape index (κ3) is 3.44. The molecule has 1 aromatic rings. The second kappa shape index (κ2) is 7.26. The van der Waals surface area contributed by atoms with Gasteiger partial charge in [-0.25, -0.2) is 0 Å². The molecule has 21 heavy (non-hydrogen) atoms. The van der Waals surface area contributed by atoms with Gasteiger partial charge in [-0.1, -0.05) is 49.6 Å². The number of carbonyl (C=O) groups is 1. The Labute approximate surface area is 126 Å². The van der Waals surface area contributed by atoms with Crippen LogP contribution in [0.2, 0.25) is 0 Å². The molecule has 0 aliphatic heterocycles. The van der Waals surface area contributed by atoms with E-state index in [0.29, 0.717) is 18.8 Å². The molecule has 1 saturated carbocycles. The molecular formula is C18H23NO2. The van der Waals surface area contributed by atoms with Crippen molar-refractivity contribution < 1.29 is 9.53 Å². The maximum Gasteiger partial charge on any atom is 0.305 e. The molecule has 0 saturated heterocycles. The smallest absolute Gasteiger partial charge is 0.305 e. The van der Waals surface area contributed by atoms with Gasteiger partial charge < -0.3 is 4.74 Å². The van der Waals surface area contributed by atoms with Crippen molar-refractivity contribution in [2.45, 2.75) is 50.4 Å². The van der Waals surface area contributed by atoms with E-state index in [4.69, 9.17) is 4.74 Å². The van der Waals surface area contributed by atoms with Gasteiger partial charge in [0.1, 0.15) is 0 Å². The van der Waals surface area contributed by atoms with Crippen molar-refractivity contribution in [2.24, 2.45) is 5.92 Å². The zero-order chi connectivity index (χ0) is 15.1. The largest absolute Gasteiger partial charge is 0.469 e. The van der Waals surface area contributed by atoms with Crippen molar-refractivity contribution >= 4 is 5.97 Å². The first-order valence-electron chi connectivity index (χ1n) is 7.76. The summed E-state index contributed by atoms with van der Waals surface area (Å²) >= 11 is 0. The highest BCUT2D eigenvalue weighted by Gasteiger charge is 2.41. The quantitative estimate of drug-likeness (QED) is 0.769. The van der Waals surface area contributed by atoms with E-state index >= 15 is 0 Å². The third-order valence-electron chi connectivity index (χ3n) is 4.74. The minimum absolute atomic E-state index is 0.235. The molecule has 112 valence electrons. The van der Waals surface area contributed by atoms with Gasteiger partial charge in [0.25, 0.3) is 0 Å². The molecule has 0 amide bonds. The minimum atomic E-state index is -0.560. The lowest BCUT2D eigenvalue weighted by molar-refractivity contribution is -0.141. The molecule has 1 atom stereocenters. The first-order valence-corrected chi connectivity index (χ1v) is 7.76. The van der Waals surface area contributed by atoms with E-state index in [1.807, 2.05) is 30.3 Å². The molecule has 2 rings (SSSR count). The van der Waals surface area contributed by atoms with Gasteiger partial charge in [0.15, 0.2) is 0 Å². The lowest BCUT2D eigenvalue weighted by atomic mass is 9.63. The predicted molar refractivity (Wildman–Crippen MR) is 81.6 cm³/mol. The minimum Gasteiger partial charge on any atom is -0.469 e. The van der Waals surface area contributed by atoms with Crippen LogP contribution in [0.3, 0.4) is 0 Å². The Morgan fingerprint density at radius 3 is 2.52 bits per heavy atom. The summed E-state index contributed by atoms with van der Waals surface area (Å²) in [7, 11) is 1.40. The van der Waals surface area contributed by atoms with E-state index in [0.717, 1.165) is 18.4 Å². The van der Waals surface area contributed by atoms with Crippen LogP contribution in [0, 0.1) is 17.2 Å². The zero-order valence-corrected chi connectivity index (χ0v) is 12.7. The second-order valence-electron chi connectivity index (χ2n) is 5.86. The third-order valence-corrected chi connectivity index (χ3v) is 4.74. The van der Waals surface area contributed by atoms with Gasteiger partial charge in [-0.05, 0) is 30.7 Å². The van der Waals surface area contributed by atoms with Gasteiger partial charge in [-0.15, -0.1) is 0 Å². The number of esters is 1. The summed E-state index contributed by atoms with van der Waals surface area (Å²) in [6.45, 7) is 0. The lowest BCUT2D eigenvalue weighted by Crippen LogP contribution is -2.36. The normalized spacial score (nSPS) is 18.5. The molecule has 1 fully saturated rings. The Morgan fingerprint density at radius 1 is 1.29 bits per heavy atom. The Balaban J connectivity index is 2.31. The van der Waals surface area contributed by atoms with E-state index in [2.05, 4.69) is 6.07 Å². The van der Waals surface area contributed by atoms with Gasteiger partial charge in [-0.3, -0.25) is 4.79 Å². The summed E-state index contributed by atoms with van der Waals surface area (Å²) in [4.78, 5) is 11.6. The summed E-state index contributed by atoms with van der Waals surface area (Å²) in [5, 5.41) is 9.97. The first kappa shape index (κ1) is 15.6. The van der Waals surface area contributed by atoms with Crippen LogP contribution in [0.5, 0.6) is 0 Å². The van der Waals surface area contributed by atoms with Gasteiger partial charge in [0.2, 0.25) is 0 Å². The van der Waals surface area contributed by atoms with Crippen molar-refractivity contribution in [3.8, 4) is 6.07 Å². The van der Waals surface area contributed by atoms with E-state index in [1.54, 1.807) is 0 Å². The molecule has 0 radical (unpaired) electrons. The molecule has 1 aliphatic carbocycles. The maximum absolute atomic E-state index is 11.6. The fourth-order valence-electron chi connectivity index (χ4n) is 3.53. The molecule has 3 nitrogen and oxygen atoms in total. The highest BCUT2D eigenvalue weighted by Crippen LogP contribution is 2.44. The fraction of sp³-hybridized carbons (Fsp3) is 0.556. The van der Waals surface area contributed by atoms with Gasteiger partial charge in [0, 0.05) is 6.42 Å². The highest BCUT2D eigenvalue weighted by molar-refractivity contribution is 5.69. The SMILES string of the molecule is COC(=O)CCC(C#N)(c1ccccc1)C1CCCCC1. The Morgan fingerprint density at radius 2 is 1.95 bits per heavy atom. The molecule has 1 unspecified atom stereocenters. The predicted octanol–water partition coefficient (Wildman–Crippen LogP) is 3.98. The van der Waals surface area contributed by atoms with Crippen LogP contribution in [-0.2, 0) is 14.9 Å². The van der Waals surface area contributed by atoms with Crippen LogP contribution in [0.1, 0.15) is 50.5 Å². The van der Waals surface area contributed by atoms with Gasteiger partial charge >= 0.3 is 5.97 Å². The topological polar surface area (TPSA) is 50.1 Å². The summed E-state index contributed by atoms with van der Waals surface area (Å²) in [5.41, 5.74) is 0.485. The first-order chi connectivity index (χ1) is 10.2. The van der Waals surface area contributed by atoms with Crippen molar-refractivity contribution in [1.82, 2.24) is 0 Å². The Kier molecular flexibility index (Phi) is 5.38. The summed E-state index contributed by atoms with van der Waals surface area (Å²) in [6, 6.07) is 12.5. The summed E-state index contributed by atoms with van der Waals surface area (Å²) in [5.74, 6) is 0.102. The molecular weight excluding hydrogens is 262 g/mol. The molecule has 3 heteroatoms. The number of nitrogens with zero attached hydrogens (tertiary/aromatic N) is 1. The molecule has 1 aliphatic rings. The van der Waals surface area contributed by atoms with Crippen molar-refractivity contribution in [3.05, 3.63) is 35.9 Å². The fourth-order valence-corrected chi connectivity index (χ4v) is 3.53. The molecule has 0 aromatic heterocycles. The Bertz CT molecular complexity index is 500. The van der Waals surface area contributed by atoms with E-state index in [1.165, 1.54) is 26.4 Å². The van der Waals surface area contributed by atoms with Crippen LogP contribution in [-0.4, -0.2) is 13.1 Å². The number of benzene rings is 1. The summed E-state index contributed by atoms with van der Waals surface area (Å²) in [6.07, 6.45) is 6.61. The number of carbonyl (C=O) groups excluding carboxylic acids is 1. The van der Waals surface area contributed by atoms with Crippen LogP contribution < -0.4 is 0 Å². The molecule has 0 spiro atoms. The van der Waals surface area contributed by atoms with Crippen LogP contribution in [0.15, 0.2) is 30.3 Å². The van der Waals surface area contributed by atoms with E-state index < -0.39 is 5.41 Å². The molecule has 0 bridgehead atoms. The standard InChI is InChI=1S/C18H23NO2/c1-21-17(20)12-13-18(14-19,15-8-4-2-5-9-15)16-10-6-3-7-11-16/h2,4-5,8-9,16H,3,6-7,10-13H2,1H3. The zero-order valence-electron chi connectivity index (χ0n) is 12.7. The van der Waals surface area contributed by atoms with Crippen molar-refractivity contribution in [1.29, 1.82) is 5.26 Å². The summed E-state index contributed by atoms with van der Waals surface area (Å²) < 4.78 is 4.76. The van der Waals surface area contributed by atoms with E-state index in [9.17, 15) is 10.1 Å². The number of ether oxygens (including phenoxy) is 1. The van der Waals surface area contributed by atoms with Crippen LogP contribution >= 0.6 is 0 Å². The lowest BCUT2D eigenvalue weighted by Gasteiger charge is -2.38. The number of rotatable bonds is 5. The monoisotopic (exact) mass is 285 g/mol. The molecule has 1 aromatic carbocycles. The highest BCUT2D eigenvalue weighted by atomic mass is 16.5. The number of hydrogen-bond acceptors (Lipinski definition) is 3. The average Bonchev–Trinajstić information content (AvgIpc) is 2.57. The molecule has 0 N–H and O–H groups in total. The number of methoxy groups -OCH3 is 1. The van der Waals surface area contributed by atoms with Crippen LogP contribution in [0.4, 0.5) is 0 Å². The van der Waals surface area contributed by atoms with Crippen molar-refractivity contribution in [2.75, 3.05) is 7.11 Å². The van der Waals surface area contributed by atoms with Gasteiger partial charge in [0.05, 0.1) is 18.6 Å². The van der Waals surface area contributed by atoms with Gasteiger partial charge in [-0.2, -0.15) is 5.26 Å². The Hall–Kier alpha value is -1.82. The maximum atomic E-state index is 11.6. The van der Waals surface area contributed by atoms with E-state index in [-0.39, 0.29) is 5.97 Å². The second-order valence-corrected chi connectivity index (χ2v) is 5.86. The molecule has 0 heterocycles. The average molecular weight is 285 g/mol.